The molecule has 0 aromatic rings. The molecule has 0 aliphatic rings. The topological polar surface area (TPSA) is 69.7 Å². The molecule has 0 spiro atoms. The highest BCUT2D eigenvalue weighted by molar-refractivity contribution is 7.85. The first-order valence-corrected chi connectivity index (χ1v) is 5.27. The summed E-state index contributed by atoms with van der Waals surface area (Å²) in [5.74, 6) is -0.457. The van der Waals surface area contributed by atoms with E-state index in [4.69, 9.17) is 0 Å². The van der Waals surface area contributed by atoms with Crippen LogP contribution in [-0.2, 0) is 23.8 Å². The minimum absolute atomic E-state index is 0.0408. The zero-order chi connectivity index (χ0) is 9.61. The molecule has 0 aromatic carbocycles. The molecule has 0 saturated carbocycles. The third-order valence-electron chi connectivity index (χ3n) is 0.909. The van der Waals surface area contributed by atoms with Gasteiger partial charge < -0.3 is 4.74 Å². The molecule has 0 amide bonds. The quantitative estimate of drug-likeness (QED) is 0.454. The predicted molar refractivity (Wildman–Crippen MR) is 42.0 cm³/mol. The Morgan fingerprint density at radius 3 is 2.42 bits per heavy atom. The van der Waals surface area contributed by atoms with Crippen LogP contribution in [0.3, 0.4) is 0 Å². The van der Waals surface area contributed by atoms with Crippen molar-refractivity contribution in [3.63, 3.8) is 0 Å². The van der Waals surface area contributed by atoms with E-state index in [9.17, 15) is 13.2 Å². The summed E-state index contributed by atoms with van der Waals surface area (Å²) in [6.07, 6.45) is 0.888. The van der Waals surface area contributed by atoms with Crippen molar-refractivity contribution >= 4 is 16.1 Å². The lowest BCUT2D eigenvalue weighted by atomic mass is 10.5. The third kappa shape index (κ3) is 7.49. The van der Waals surface area contributed by atoms with Gasteiger partial charge in [0.1, 0.15) is 0 Å². The molecule has 0 saturated heterocycles. The molecule has 5 nitrogen and oxygen atoms in total. The summed E-state index contributed by atoms with van der Waals surface area (Å²) in [4.78, 5) is 10.6. The Bertz CT molecular complexity index is 230. The maximum absolute atomic E-state index is 10.6. The number of carbonyl (C=O) groups excluding carboxylic acids is 1. The van der Waals surface area contributed by atoms with Gasteiger partial charge in [0.15, 0.2) is 0 Å². The van der Waals surface area contributed by atoms with E-state index in [1.807, 2.05) is 0 Å². The first-order valence-electron chi connectivity index (χ1n) is 3.45. The van der Waals surface area contributed by atoms with E-state index in [-0.39, 0.29) is 19.6 Å². The van der Waals surface area contributed by atoms with Gasteiger partial charge in [-0.2, -0.15) is 8.42 Å². The van der Waals surface area contributed by atoms with Crippen LogP contribution in [0.5, 0.6) is 0 Å². The largest absolute Gasteiger partial charge is 0.466 e. The summed E-state index contributed by atoms with van der Waals surface area (Å²) in [6.45, 7) is 1.81. The van der Waals surface area contributed by atoms with Gasteiger partial charge in [-0.1, -0.05) is 0 Å². The minimum Gasteiger partial charge on any atom is -0.466 e. The lowest BCUT2D eigenvalue weighted by molar-refractivity contribution is -0.143. The van der Waals surface area contributed by atoms with Crippen LogP contribution in [0.25, 0.3) is 0 Å². The van der Waals surface area contributed by atoms with Gasteiger partial charge in [-0.25, -0.2) is 0 Å². The maximum Gasteiger partial charge on any atom is 0.308 e. The van der Waals surface area contributed by atoms with Crippen LogP contribution in [0.1, 0.15) is 13.3 Å². The van der Waals surface area contributed by atoms with E-state index in [0.29, 0.717) is 0 Å². The van der Waals surface area contributed by atoms with Gasteiger partial charge in [0.05, 0.1) is 25.9 Å². The van der Waals surface area contributed by atoms with Gasteiger partial charge in [0.2, 0.25) is 0 Å². The van der Waals surface area contributed by atoms with E-state index in [1.165, 1.54) is 0 Å². The number of rotatable bonds is 5. The van der Waals surface area contributed by atoms with Gasteiger partial charge in [0, 0.05) is 0 Å². The monoisotopic (exact) mass is 196 g/mol. The molecular formula is C6H12O5S. The second kappa shape index (κ2) is 5.10. The number of esters is 1. The molecule has 0 unspecified atom stereocenters. The van der Waals surface area contributed by atoms with Crippen molar-refractivity contribution in [1.82, 2.24) is 0 Å². The highest BCUT2D eigenvalue weighted by Crippen LogP contribution is 1.92. The van der Waals surface area contributed by atoms with Crippen LogP contribution in [0, 0.1) is 0 Å². The molecule has 6 heteroatoms. The highest BCUT2D eigenvalue weighted by Gasteiger charge is 2.05. The first kappa shape index (κ1) is 11.4. The fourth-order valence-electron chi connectivity index (χ4n) is 0.510. The molecule has 0 heterocycles. The molecule has 0 aliphatic heterocycles. The summed E-state index contributed by atoms with van der Waals surface area (Å²) in [6, 6.07) is 0. The number of hydrogen-bond acceptors (Lipinski definition) is 5. The van der Waals surface area contributed by atoms with Gasteiger partial charge in [0.25, 0.3) is 10.1 Å². The van der Waals surface area contributed by atoms with Crippen LogP contribution >= 0.6 is 0 Å². The average Bonchev–Trinajstić information content (AvgIpc) is 1.84. The Morgan fingerprint density at radius 1 is 1.42 bits per heavy atom. The van der Waals surface area contributed by atoms with E-state index >= 15 is 0 Å². The van der Waals surface area contributed by atoms with Crippen molar-refractivity contribution in [2.45, 2.75) is 13.3 Å². The zero-order valence-corrected chi connectivity index (χ0v) is 7.89. The molecule has 0 N–H and O–H groups in total. The van der Waals surface area contributed by atoms with Crippen molar-refractivity contribution in [3.05, 3.63) is 0 Å². The Morgan fingerprint density at radius 2 is 2.00 bits per heavy atom. The second-order valence-corrected chi connectivity index (χ2v) is 3.73. The fraction of sp³-hybridized carbons (Fsp3) is 0.833. The minimum atomic E-state index is -3.44. The average molecular weight is 196 g/mol. The molecule has 0 aromatic heterocycles. The molecule has 0 fully saturated rings. The Kier molecular flexibility index (Phi) is 4.84. The van der Waals surface area contributed by atoms with E-state index in [2.05, 4.69) is 8.92 Å². The Hall–Kier alpha value is -0.620. The van der Waals surface area contributed by atoms with Crippen LogP contribution in [0.4, 0.5) is 0 Å². The maximum atomic E-state index is 10.6. The van der Waals surface area contributed by atoms with Gasteiger partial charge in [-0.3, -0.25) is 8.98 Å². The standard InChI is InChI=1S/C6H12O5S/c1-3-10-6(7)4-5-11-12(2,8)9/h3-5H2,1-2H3. The summed E-state index contributed by atoms with van der Waals surface area (Å²) in [7, 11) is -3.44. The zero-order valence-electron chi connectivity index (χ0n) is 7.07. The molecule has 0 atom stereocenters. The van der Waals surface area contributed by atoms with Crippen LogP contribution in [0.15, 0.2) is 0 Å². The SMILES string of the molecule is CCOC(=O)CCOS(C)(=O)=O. The van der Waals surface area contributed by atoms with E-state index < -0.39 is 16.1 Å². The number of hydrogen-bond donors (Lipinski definition) is 0. The normalized spacial score (nSPS) is 11.2. The van der Waals surface area contributed by atoms with Crippen molar-refractivity contribution in [3.8, 4) is 0 Å². The Balaban J connectivity index is 3.51. The smallest absolute Gasteiger partial charge is 0.308 e. The van der Waals surface area contributed by atoms with E-state index in [1.54, 1.807) is 6.92 Å². The summed E-state index contributed by atoms with van der Waals surface area (Å²) in [5, 5.41) is 0. The van der Waals surface area contributed by atoms with Crippen molar-refractivity contribution in [2.75, 3.05) is 19.5 Å². The molecule has 72 valence electrons. The van der Waals surface area contributed by atoms with Crippen molar-refractivity contribution < 1.29 is 22.1 Å². The van der Waals surface area contributed by atoms with E-state index in [0.717, 1.165) is 6.26 Å². The molecule has 12 heavy (non-hydrogen) atoms. The molecule has 0 rings (SSSR count). The van der Waals surface area contributed by atoms with Crippen molar-refractivity contribution in [1.29, 1.82) is 0 Å². The molecule has 0 radical (unpaired) electrons. The molecule has 0 aliphatic carbocycles. The fourth-order valence-corrected chi connectivity index (χ4v) is 0.896. The highest BCUT2D eigenvalue weighted by atomic mass is 32.2. The summed E-state index contributed by atoms with van der Waals surface area (Å²) in [5.41, 5.74) is 0. The van der Waals surface area contributed by atoms with Crippen LogP contribution < -0.4 is 0 Å². The third-order valence-corrected chi connectivity index (χ3v) is 1.50. The summed E-state index contributed by atoms with van der Waals surface area (Å²) < 4.78 is 29.7. The van der Waals surface area contributed by atoms with Crippen molar-refractivity contribution in [2.24, 2.45) is 0 Å². The number of carbonyl (C=O) groups is 1. The van der Waals surface area contributed by atoms with Gasteiger partial charge in [-0.15, -0.1) is 0 Å². The number of ether oxygens (including phenoxy) is 1. The summed E-state index contributed by atoms with van der Waals surface area (Å²) >= 11 is 0. The lowest BCUT2D eigenvalue weighted by Gasteiger charge is -2.00. The van der Waals surface area contributed by atoms with Crippen LogP contribution in [-0.4, -0.2) is 33.9 Å². The molecular weight excluding hydrogens is 184 g/mol. The molecule has 0 bridgehead atoms. The first-order chi connectivity index (χ1) is 5.45. The Labute approximate surface area is 71.8 Å². The predicted octanol–water partition coefficient (Wildman–Crippen LogP) is -0.0842. The lowest BCUT2D eigenvalue weighted by Crippen LogP contribution is -2.11. The van der Waals surface area contributed by atoms with Gasteiger partial charge in [-0.05, 0) is 6.92 Å². The second-order valence-electron chi connectivity index (χ2n) is 2.08. The van der Waals surface area contributed by atoms with Gasteiger partial charge >= 0.3 is 5.97 Å². The van der Waals surface area contributed by atoms with Crippen LogP contribution in [0.2, 0.25) is 0 Å².